The third kappa shape index (κ3) is 6.22. The van der Waals surface area contributed by atoms with E-state index < -0.39 is 5.91 Å². The van der Waals surface area contributed by atoms with Crippen molar-refractivity contribution in [1.82, 2.24) is 5.32 Å². The van der Waals surface area contributed by atoms with Crippen molar-refractivity contribution in [2.45, 2.75) is 20.1 Å². The third-order valence-corrected chi connectivity index (χ3v) is 5.45. The summed E-state index contributed by atoms with van der Waals surface area (Å²) in [6, 6.07) is 23.1. The Labute approximate surface area is 196 Å². The minimum absolute atomic E-state index is 0.00277. The predicted molar refractivity (Wildman–Crippen MR) is 128 cm³/mol. The van der Waals surface area contributed by atoms with Crippen molar-refractivity contribution in [1.29, 1.82) is 5.26 Å². The molecule has 0 saturated heterocycles. The summed E-state index contributed by atoms with van der Waals surface area (Å²) in [7, 11) is 1.55. The van der Waals surface area contributed by atoms with Gasteiger partial charge in [0.2, 0.25) is 0 Å². The van der Waals surface area contributed by atoms with Crippen LogP contribution < -0.4 is 14.8 Å². The number of benzene rings is 3. The molecule has 3 rings (SSSR count). The standard InChI is InChI=1S/C26H23BrN2O3/c1-18-8-10-20(11-9-18)17-32-25-14-23(27)21(13-24(25)31-2)12-22(15-28)26(30)29-16-19-6-4-3-5-7-19/h3-14H,16-17H2,1-2H3,(H,29,30)/b22-12+. The summed E-state index contributed by atoms with van der Waals surface area (Å²) in [5.41, 5.74) is 3.81. The molecule has 1 N–H and O–H groups in total. The van der Waals surface area contributed by atoms with Crippen LogP contribution >= 0.6 is 15.9 Å². The van der Waals surface area contributed by atoms with Crippen LogP contribution in [0.25, 0.3) is 6.08 Å². The molecular weight excluding hydrogens is 468 g/mol. The number of nitrogens with zero attached hydrogens (tertiary/aromatic N) is 1. The summed E-state index contributed by atoms with van der Waals surface area (Å²) in [6.45, 7) is 2.77. The van der Waals surface area contributed by atoms with Crippen LogP contribution in [0.3, 0.4) is 0 Å². The van der Waals surface area contributed by atoms with E-state index in [0.29, 0.717) is 34.7 Å². The minimum atomic E-state index is -0.443. The van der Waals surface area contributed by atoms with Crippen LogP contribution in [0.2, 0.25) is 0 Å². The highest BCUT2D eigenvalue weighted by molar-refractivity contribution is 9.10. The molecule has 0 atom stereocenters. The van der Waals surface area contributed by atoms with E-state index in [4.69, 9.17) is 9.47 Å². The van der Waals surface area contributed by atoms with Gasteiger partial charge in [0.25, 0.3) is 5.91 Å². The largest absolute Gasteiger partial charge is 0.493 e. The molecule has 0 aliphatic heterocycles. The van der Waals surface area contributed by atoms with Crippen molar-refractivity contribution in [3.05, 3.63) is 99.0 Å². The molecule has 1 amide bonds. The zero-order valence-electron chi connectivity index (χ0n) is 17.9. The number of hydrogen-bond donors (Lipinski definition) is 1. The maximum absolute atomic E-state index is 12.5. The van der Waals surface area contributed by atoms with Crippen LogP contribution in [0.4, 0.5) is 0 Å². The summed E-state index contributed by atoms with van der Waals surface area (Å²) in [6.07, 6.45) is 1.52. The molecule has 0 spiro atoms. The zero-order chi connectivity index (χ0) is 22.9. The maximum Gasteiger partial charge on any atom is 0.262 e. The van der Waals surface area contributed by atoms with Crippen LogP contribution in [-0.4, -0.2) is 13.0 Å². The molecule has 162 valence electrons. The van der Waals surface area contributed by atoms with Gasteiger partial charge in [0, 0.05) is 11.0 Å². The number of nitriles is 1. The molecule has 0 unspecified atom stereocenters. The Morgan fingerprint density at radius 2 is 1.78 bits per heavy atom. The van der Waals surface area contributed by atoms with E-state index in [1.807, 2.05) is 67.6 Å². The van der Waals surface area contributed by atoms with E-state index in [-0.39, 0.29) is 5.57 Å². The van der Waals surface area contributed by atoms with Crippen LogP contribution in [0.1, 0.15) is 22.3 Å². The van der Waals surface area contributed by atoms with E-state index in [1.165, 1.54) is 11.6 Å². The molecule has 0 radical (unpaired) electrons. The summed E-state index contributed by atoms with van der Waals surface area (Å²) in [5.74, 6) is 0.625. The third-order valence-electron chi connectivity index (χ3n) is 4.76. The van der Waals surface area contributed by atoms with Gasteiger partial charge in [-0.2, -0.15) is 5.26 Å². The zero-order valence-corrected chi connectivity index (χ0v) is 19.5. The number of rotatable bonds is 8. The van der Waals surface area contributed by atoms with Gasteiger partial charge in [-0.05, 0) is 41.8 Å². The lowest BCUT2D eigenvalue weighted by Gasteiger charge is -2.13. The number of halogens is 1. The number of amides is 1. The fourth-order valence-electron chi connectivity index (χ4n) is 2.96. The van der Waals surface area contributed by atoms with Crippen LogP contribution in [-0.2, 0) is 17.9 Å². The Hall–Kier alpha value is -3.56. The molecule has 0 saturated carbocycles. The second-order valence-corrected chi connectivity index (χ2v) is 7.99. The van der Waals surface area contributed by atoms with E-state index in [2.05, 4.69) is 21.2 Å². The first-order valence-corrected chi connectivity index (χ1v) is 10.8. The Morgan fingerprint density at radius 1 is 1.06 bits per heavy atom. The second-order valence-electron chi connectivity index (χ2n) is 7.14. The number of carbonyl (C=O) groups is 1. The van der Waals surface area contributed by atoms with Gasteiger partial charge >= 0.3 is 0 Å². The Morgan fingerprint density at radius 3 is 2.44 bits per heavy atom. The lowest BCUT2D eigenvalue weighted by Crippen LogP contribution is -2.23. The van der Waals surface area contributed by atoms with Crippen molar-refractivity contribution in [3.63, 3.8) is 0 Å². The summed E-state index contributed by atoms with van der Waals surface area (Å²) in [5, 5.41) is 12.3. The van der Waals surface area contributed by atoms with E-state index in [9.17, 15) is 10.1 Å². The van der Waals surface area contributed by atoms with Gasteiger partial charge in [-0.3, -0.25) is 4.79 Å². The average Bonchev–Trinajstić information content (AvgIpc) is 2.82. The maximum atomic E-state index is 12.5. The van der Waals surface area contributed by atoms with E-state index in [0.717, 1.165) is 11.1 Å². The lowest BCUT2D eigenvalue weighted by atomic mass is 10.1. The Bertz CT molecular complexity index is 1150. The molecule has 0 aliphatic rings. The van der Waals surface area contributed by atoms with Crippen molar-refractivity contribution in [2.75, 3.05) is 7.11 Å². The molecular formula is C26H23BrN2O3. The van der Waals surface area contributed by atoms with E-state index >= 15 is 0 Å². The summed E-state index contributed by atoms with van der Waals surface area (Å²) >= 11 is 3.51. The summed E-state index contributed by atoms with van der Waals surface area (Å²) < 4.78 is 12.1. The molecule has 0 aromatic heterocycles. The fourth-order valence-corrected chi connectivity index (χ4v) is 3.39. The van der Waals surface area contributed by atoms with Crippen LogP contribution in [0.5, 0.6) is 11.5 Å². The van der Waals surface area contributed by atoms with Gasteiger partial charge in [-0.1, -0.05) is 76.1 Å². The number of methoxy groups -OCH3 is 1. The highest BCUT2D eigenvalue weighted by atomic mass is 79.9. The Balaban J connectivity index is 1.75. The second kappa shape index (κ2) is 11.2. The predicted octanol–water partition coefficient (Wildman–Crippen LogP) is 5.57. The minimum Gasteiger partial charge on any atom is -0.493 e. The first kappa shape index (κ1) is 23.1. The van der Waals surface area contributed by atoms with Crippen molar-refractivity contribution in [2.24, 2.45) is 0 Å². The van der Waals surface area contributed by atoms with Gasteiger partial charge in [-0.25, -0.2) is 0 Å². The molecule has 3 aromatic carbocycles. The van der Waals surface area contributed by atoms with Crippen molar-refractivity contribution in [3.8, 4) is 17.6 Å². The number of ether oxygens (including phenoxy) is 2. The van der Waals surface area contributed by atoms with Crippen molar-refractivity contribution < 1.29 is 14.3 Å². The highest BCUT2D eigenvalue weighted by Crippen LogP contribution is 2.35. The highest BCUT2D eigenvalue weighted by Gasteiger charge is 2.14. The van der Waals surface area contributed by atoms with Gasteiger partial charge < -0.3 is 14.8 Å². The topological polar surface area (TPSA) is 71.3 Å². The van der Waals surface area contributed by atoms with Gasteiger partial charge in [-0.15, -0.1) is 0 Å². The molecule has 6 heteroatoms. The molecule has 3 aromatic rings. The Kier molecular flexibility index (Phi) is 8.07. The quantitative estimate of drug-likeness (QED) is 0.331. The average molecular weight is 491 g/mol. The van der Waals surface area contributed by atoms with Gasteiger partial charge in [0.15, 0.2) is 11.5 Å². The SMILES string of the molecule is COc1cc(/C=C(\C#N)C(=O)NCc2ccccc2)c(Br)cc1OCc1ccc(C)cc1. The number of aryl methyl sites for hydroxylation is 1. The van der Waals surface area contributed by atoms with Crippen LogP contribution in [0.15, 0.2) is 76.8 Å². The first-order valence-electron chi connectivity index (χ1n) is 10.00. The number of nitrogens with one attached hydrogen (secondary N) is 1. The number of hydrogen-bond acceptors (Lipinski definition) is 4. The van der Waals surface area contributed by atoms with E-state index in [1.54, 1.807) is 19.2 Å². The normalized spacial score (nSPS) is 10.9. The molecule has 0 aliphatic carbocycles. The number of carbonyl (C=O) groups excluding carboxylic acids is 1. The first-order chi connectivity index (χ1) is 15.5. The molecule has 0 bridgehead atoms. The molecule has 5 nitrogen and oxygen atoms in total. The smallest absolute Gasteiger partial charge is 0.262 e. The summed E-state index contributed by atoms with van der Waals surface area (Å²) in [4.78, 5) is 12.5. The monoisotopic (exact) mass is 490 g/mol. The van der Waals surface area contributed by atoms with Crippen molar-refractivity contribution >= 4 is 27.9 Å². The lowest BCUT2D eigenvalue weighted by molar-refractivity contribution is -0.117. The molecule has 0 heterocycles. The molecule has 0 fully saturated rings. The fraction of sp³-hybridized carbons (Fsp3) is 0.154. The van der Waals surface area contributed by atoms with Gasteiger partial charge in [0.1, 0.15) is 18.2 Å². The molecule has 32 heavy (non-hydrogen) atoms. The van der Waals surface area contributed by atoms with Gasteiger partial charge in [0.05, 0.1) is 7.11 Å². The van der Waals surface area contributed by atoms with Crippen LogP contribution in [0, 0.1) is 18.3 Å².